The zero-order valence-corrected chi connectivity index (χ0v) is 12.1. The number of rotatable bonds is 6. The minimum absolute atomic E-state index is 0.0215. The highest BCUT2D eigenvalue weighted by atomic mass is 35.5. The highest BCUT2D eigenvalue weighted by Crippen LogP contribution is 2.14. The largest absolute Gasteiger partial charge is 0.461 e. The molecular weight excluding hydrogens is 256 g/mol. The fourth-order valence-corrected chi connectivity index (χ4v) is 1.19. The molecule has 0 amide bonds. The number of hydrogen-bond donors (Lipinski definition) is 1. The van der Waals surface area contributed by atoms with Crippen molar-refractivity contribution in [2.75, 3.05) is 19.0 Å². The van der Waals surface area contributed by atoms with Gasteiger partial charge in [0.15, 0.2) is 0 Å². The number of nitrogens with zero attached hydrogens (tertiary/aromatic N) is 3. The number of ether oxygens (including phenoxy) is 2. The highest BCUT2D eigenvalue weighted by Gasteiger charge is 2.17. The predicted octanol–water partition coefficient (Wildman–Crippen LogP) is 2.15. The van der Waals surface area contributed by atoms with Crippen LogP contribution in [0.1, 0.15) is 27.7 Å². The van der Waals surface area contributed by atoms with Gasteiger partial charge in [0.1, 0.15) is 0 Å². The van der Waals surface area contributed by atoms with Crippen LogP contribution in [0.4, 0.5) is 5.95 Å². The lowest BCUT2D eigenvalue weighted by Crippen LogP contribution is -2.32. The molecule has 0 aromatic carbocycles. The third kappa shape index (κ3) is 5.01. The number of methoxy groups -OCH3 is 1. The predicted molar refractivity (Wildman–Crippen MR) is 70.2 cm³/mol. The molecule has 0 saturated carbocycles. The van der Waals surface area contributed by atoms with Crippen LogP contribution in [0.15, 0.2) is 0 Å². The first-order valence-electron chi connectivity index (χ1n) is 5.69. The van der Waals surface area contributed by atoms with Gasteiger partial charge in [0.25, 0.3) is 0 Å². The Kier molecular flexibility index (Phi) is 5.10. The standard InChI is InChI=1S/C11H19ClN4O2/c1-7(2)18-10-15-8(12)14-9(16-10)13-6-11(3,4)17-5/h7H,6H2,1-5H3,(H,13,14,15,16). The first-order chi connectivity index (χ1) is 8.32. The fraction of sp³-hybridized carbons (Fsp3) is 0.727. The monoisotopic (exact) mass is 274 g/mol. The molecule has 0 aliphatic heterocycles. The van der Waals surface area contributed by atoms with Gasteiger partial charge < -0.3 is 14.8 Å². The van der Waals surface area contributed by atoms with Crippen LogP contribution in [0.25, 0.3) is 0 Å². The van der Waals surface area contributed by atoms with E-state index in [9.17, 15) is 0 Å². The molecule has 1 aromatic heterocycles. The van der Waals surface area contributed by atoms with Crippen LogP contribution in [0.5, 0.6) is 6.01 Å². The lowest BCUT2D eigenvalue weighted by Gasteiger charge is -2.23. The van der Waals surface area contributed by atoms with Gasteiger partial charge in [-0.05, 0) is 39.3 Å². The van der Waals surface area contributed by atoms with Crippen molar-refractivity contribution >= 4 is 17.5 Å². The van der Waals surface area contributed by atoms with Crippen molar-refractivity contribution in [2.24, 2.45) is 0 Å². The van der Waals surface area contributed by atoms with Crippen LogP contribution in [-0.4, -0.2) is 40.3 Å². The topological polar surface area (TPSA) is 69.2 Å². The second-order valence-electron chi connectivity index (χ2n) is 4.69. The van der Waals surface area contributed by atoms with Crippen LogP contribution < -0.4 is 10.1 Å². The van der Waals surface area contributed by atoms with E-state index < -0.39 is 0 Å². The molecule has 1 heterocycles. The summed E-state index contributed by atoms with van der Waals surface area (Å²) in [6, 6.07) is 0.211. The van der Waals surface area contributed by atoms with Crippen LogP contribution >= 0.6 is 11.6 Å². The van der Waals surface area contributed by atoms with Crippen molar-refractivity contribution in [1.82, 2.24) is 15.0 Å². The van der Waals surface area contributed by atoms with Crippen molar-refractivity contribution < 1.29 is 9.47 Å². The maximum atomic E-state index is 5.80. The number of anilines is 1. The van der Waals surface area contributed by atoms with Crippen molar-refractivity contribution in [3.05, 3.63) is 5.28 Å². The Balaban J connectivity index is 2.74. The quantitative estimate of drug-likeness (QED) is 0.857. The van der Waals surface area contributed by atoms with Crippen LogP contribution in [0.2, 0.25) is 5.28 Å². The van der Waals surface area contributed by atoms with Gasteiger partial charge in [0.05, 0.1) is 11.7 Å². The minimum Gasteiger partial charge on any atom is -0.461 e. The number of aromatic nitrogens is 3. The summed E-state index contributed by atoms with van der Waals surface area (Å²) in [6.45, 7) is 8.23. The number of nitrogens with one attached hydrogen (secondary N) is 1. The molecule has 18 heavy (non-hydrogen) atoms. The van der Waals surface area contributed by atoms with Crippen molar-refractivity contribution in [2.45, 2.75) is 39.4 Å². The summed E-state index contributed by atoms with van der Waals surface area (Å²) >= 11 is 5.80. The first-order valence-corrected chi connectivity index (χ1v) is 6.07. The van der Waals surface area contributed by atoms with E-state index in [1.165, 1.54) is 0 Å². The maximum Gasteiger partial charge on any atom is 0.322 e. The van der Waals surface area contributed by atoms with Gasteiger partial charge in [0, 0.05) is 13.7 Å². The Morgan fingerprint density at radius 1 is 1.28 bits per heavy atom. The van der Waals surface area contributed by atoms with E-state index in [0.29, 0.717) is 12.5 Å². The van der Waals surface area contributed by atoms with Gasteiger partial charge in [-0.25, -0.2) is 0 Å². The van der Waals surface area contributed by atoms with E-state index in [4.69, 9.17) is 21.1 Å². The Labute approximate surface area is 112 Å². The zero-order valence-electron chi connectivity index (χ0n) is 11.3. The van der Waals surface area contributed by atoms with E-state index >= 15 is 0 Å². The molecule has 6 nitrogen and oxygen atoms in total. The third-order valence-corrected chi connectivity index (χ3v) is 2.32. The summed E-state index contributed by atoms with van der Waals surface area (Å²) in [5.41, 5.74) is -0.321. The fourth-order valence-electron chi connectivity index (χ4n) is 1.04. The normalized spacial score (nSPS) is 11.7. The average molecular weight is 275 g/mol. The molecule has 1 N–H and O–H groups in total. The smallest absolute Gasteiger partial charge is 0.322 e. The second-order valence-corrected chi connectivity index (χ2v) is 5.03. The Morgan fingerprint density at radius 2 is 1.94 bits per heavy atom. The molecule has 0 unspecified atom stereocenters. The van der Waals surface area contributed by atoms with E-state index in [1.54, 1.807) is 7.11 Å². The van der Waals surface area contributed by atoms with Gasteiger partial charge in [-0.2, -0.15) is 15.0 Å². The molecule has 0 saturated heterocycles. The summed E-state index contributed by atoms with van der Waals surface area (Å²) in [7, 11) is 1.65. The van der Waals surface area contributed by atoms with Crippen molar-refractivity contribution in [1.29, 1.82) is 0 Å². The average Bonchev–Trinajstić information content (AvgIpc) is 2.25. The number of halogens is 1. The van der Waals surface area contributed by atoms with Crippen LogP contribution in [0.3, 0.4) is 0 Å². The van der Waals surface area contributed by atoms with Crippen LogP contribution in [-0.2, 0) is 4.74 Å². The molecule has 7 heteroatoms. The van der Waals surface area contributed by atoms with E-state index in [1.807, 2.05) is 27.7 Å². The summed E-state index contributed by atoms with van der Waals surface area (Å²) in [5, 5.41) is 3.13. The molecule has 0 radical (unpaired) electrons. The van der Waals surface area contributed by atoms with Crippen molar-refractivity contribution in [3.63, 3.8) is 0 Å². The molecule has 0 aliphatic rings. The summed E-state index contributed by atoms with van der Waals surface area (Å²) in [6.07, 6.45) is -0.0215. The van der Waals surface area contributed by atoms with Gasteiger partial charge in [-0.3, -0.25) is 0 Å². The van der Waals surface area contributed by atoms with E-state index in [0.717, 1.165) is 0 Å². The Bertz CT molecular complexity index is 399. The molecule has 0 aliphatic carbocycles. The van der Waals surface area contributed by atoms with Gasteiger partial charge in [0.2, 0.25) is 11.2 Å². The third-order valence-electron chi connectivity index (χ3n) is 2.15. The van der Waals surface area contributed by atoms with Gasteiger partial charge in [-0.1, -0.05) is 0 Å². The summed E-state index contributed by atoms with van der Waals surface area (Å²) in [5.74, 6) is 0.371. The summed E-state index contributed by atoms with van der Waals surface area (Å²) < 4.78 is 10.7. The molecule has 0 fully saturated rings. The first kappa shape index (κ1) is 14.9. The lowest BCUT2D eigenvalue weighted by molar-refractivity contribution is 0.0342. The highest BCUT2D eigenvalue weighted by molar-refractivity contribution is 6.28. The molecule has 1 aromatic rings. The minimum atomic E-state index is -0.321. The molecule has 1 rings (SSSR count). The molecule has 0 spiro atoms. The Morgan fingerprint density at radius 3 is 2.50 bits per heavy atom. The zero-order chi connectivity index (χ0) is 13.8. The van der Waals surface area contributed by atoms with E-state index in [2.05, 4.69) is 20.3 Å². The van der Waals surface area contributed by atoms with Gasteiger partial charge in [-0.15, -0.1) is 0 Å². The number of hydrogen-bond acceptors (Lipinski definition) is 6. The molecule has 0 bridgehead atoms. The molecular formula is C11H19ClN4O2. The van der Waals surface area contributed by atoms with Crippen molar-refractivity contribution in [3.8, 4) is 6.01 Å². The molecule has 102 valence electrons. The maximum absolute atomic E-state index is 5.80. The Hall–Kier alpha value is -1.14. The van der Waals surface area contributed by atoms with Crippen LogP contribution in [0, 0.1) is 0 Å². The van der Waals surface area contributed by atoms with Gasteiger partial charge >= 0.3 is 6.01 Å². The summed E-state index contributed by atoms with van der Waals surface area (Å²) in [4.78, 5) is 12.0. The lowest BCUT2D eigenvalue weighted by atomic mass is 10.1. The second kappa shape index (κ2) is 6.15. The molecule has 0 atom stereocenters. The van der Waals surface area contributed by atoms with E-state index in [-0.39, 0.29) is 23.0 Å². The SMILES string of the molecule is COC(C)(C)CNc1nc(Cl)nc(OC(C)C)n1.